The van der Waals surface area contributed by atoms with Crippen molar-refractivity contribution in [2.45, 2.75) is 19.4 Å². The lowest BCUT2D eigenvalue weighted by molar-refractivity contribution is 0.0697. The van der Waals surface area contributed by atoms with E-state index in [4.69, 9.17) is 14.6 Å². The van der Waals surface area contributed by atoms with E-state index in [1.54, 1.807) is 37.4 Å². The number of methoxy groups -OCH3 is 2. The van der Waals surface area contributed by atoms with Crippen molar-refractivity contribution in [3.05, 3.63) is 89.0 Å². The van der Waals surface area contributed by atoms with Crippen LogP contribution < -0.4 is 14.5 Å². The molecule has 0 saturated heterocycles. The van der Waals surface area contributed by atoms with Crippen molar-refractivity contribution in [3.8, 4) is 11.5 Å². The zero-order valence-electron chi connectivity index (χ0n) is 17.7. The van der Waals surface area contributed by atoms with E-state index in [-0.39, 0.29) is 11.6 Å². The molecule has 3 aromatic carbocycles. The van der Waals surface area contributed by atoms with E-state index in [2.05, 4.69) is 12.1 Å². The van der Waals surface area contributed by atoms with Crippen molar-refractivity contribution in [2.75, 3.05) is 19.2 Å². The predicted molar refractivity (Wildman–Crippen MR) is 121 cm³/mol. The second-order valence-corrected chi connectivity index (χ2v) is 7.41. The van der Waals surface area contributed by atoms with Crippen LogP contribution in [0.5, 0.6) is 11.5 Å². The molecule has 158 valence electrons. The normalized spacial score (nSPS) is 15.5. The topological polar surface area (TPSA) is 71.4 Å². The maximum absolute atomic E-state index is 11.9. The molecule has 0 bridgehead atoms. The highest BCUT2D eigenvalue weighted by atomic mass is 16.5. The van der Waals surface area contributed by atoms with E-state index >= 15 is 0 Å². The molecule has 0 aliphatic carbocycles. The summed E-state index contributed by atoms with van der Waals surface area (Å²) in [5.41, 5.74) is 4.82. The van der Waals surface area contributed by atoms with Gasteiger partial charge < -0.3 is 14.6 Å². The maximum Gasteiger partial charge on any atom is 0.337 e. The minimum absolute atomic E-state index is 0.184. The second-order valence-electron chi connectivity index (χ2n) is 7.41. The molecule has 0 amide bonds. The molecule has 1 N–H and O–H groups in total. The van der Waals surface area contributed by atoms with Crippen molar-refractivity contribution < 1.29 is 19.4 Å². The van der Waals surface area contributed by atoms with Crippen LogP contribution in [0.25, 0.3) is 0 Å². The number of hydrazone groups is 1. The highest BCUT2D eigenvalue weighted by Gasteiger charge is 2.32. The lowest BCUT2D eigenvalue weighted by Gasteiger charge is -2.25. The minimum atomic E-state index is -0.986. The average Bonchev–Trinajstić information content (AvgIpc) is 3.24. The molecule has 1 heterocycles. The summed E-state index contributed by atoms with van der Waals surface area (Å²) in [5.74, 6) is 0.275. The largest absolute Gasteiger partial charge is 0.493 e. The van der Waals surface area contributed by atoms with Gasteiger partial charge in [0.25, 0.3) is 0 Å². The van der Waals surface area contributed by atoms with Crippen LogP contribution in [0.3, 0.4) is 0 Å². The van der Waals surface area contributed by atoms with Gasteiger partial charge in [-0.25, -0.2) is 4.79 Å². The molecule has 3 aromatic rings. The minimum Gasteiger partial charge on any atom is -0.493 e. The number of aromatic carboxylic acids is 1. The van der Waals surface area contributed by atoms with Gasteiger partial charge in [-0.1, -0.05) is 48.0 Å². The summed E-state index contributed by atoms with van der Waals surface area (Å²) in [7, 11) is 3.20. The number of hydrogen-bond acceptors (Lipinski definition) is 5. The van der Waals surface area contributed by atoms with Crippen molar-refractivity contribution in [1.29, 1.82) is 0 Å². The Balaban J connectivity index is 1.82. The summed E-state index contributed by atoms with van der Waals surface area (Å²) in [6.07, 6.45) is 0.631. The Morgan fingerprint density at radius 2 is 1.71 bits per heavy atom. The summed E-state index contributed by atoms with van der Waals surface area (Å²) in [5, 5.41) is 16.4. The number of carbonyl (C=O) groups is 1. The molecular formula is C25H24N2O4. The monoisotopic (exact) mass is 416 g/mol. The second kappa shape index (κ2) is 8.52. The molecule has 0 spiro atoms. The van der Waals surface area contributed by atoms with Gasteiger partial charge >= 0.3 is 5.97 Å². The number of anilines is 1. The van der Waals surface area contributed by atoms with E-state index < -0.39 is 5.97 Å². The van der Waals surface area contributed by atoms with Gasteiger partial charge in [0.2, 0.25) is 0 Å². The first-order valence-corrected chi connectivity index (χ1v) is 10.00. The third-order valence-corrected chi connectivity index (χ3v) is 5.47. The van der Waals surface area contributed by atoms with Gasteiger partial charge in [-0.05, 0) is 42.3 Å². The quantitative estimate of drug-likeness (QED) is 0.608. The van der Waals surface area contributed by atoms with E-state index in [1.807, 2.05) is 43.3 Å². The summed E-state index contributed by atoms with van der Waals surface area (Å²) in [4.78, 5) is 11.9. The number of aryl methyl sites for hydroxylation is 1. The molecule has 0 fully saturated rings. The third kappa shape index (κ3) is 3.97. The van der Waals surface area contributed by atoms with Crippen LogP contribution in [0, 0.1) is 6.92 Å². The first-order chi connectivity index (χ1) is 15.0. The Bertz CT molecular complexity index is 1140. The number of carboxylic acids is 1. The standard InChI is InChI=1S/C25H24N2O4/c1-16-8-10-17(11-9-16)20-15-22(18-12-13-23(30-2)24(14-18)31-3)27(26-20)21-7-5-4-6-19(21)25(28)29/h4-14,22H,15H2,1-3H3,(H,28,29)/t22-/m0/s1. The van der Waals surface area contributed by atoms with Gasteiger partial charge in [-0.15, -0.1) is 0 Å². The number of nitrogens with zero attached hydrogens (tertiary/aromatic N) is 2. The number of ether oxygens (including phenoxy) is 2. The summed E-state index contributed by atoms with van der Waals surface area (Å²) in [6, 6.07) is 20.7. The van der Waals surface area contributed by atoms with E-state index in [0.29, 0.717) is 23.6 Å². The Hall–Kier alpha value is -3.80. The molecule has 1 atom stereocenters. The van der Waals surface area contributed by atoms with Crippen LogP contribution in [-0.2, 0) is 0 Å². The van der Waals surface area contributed by atoms with Crippen LogP contribution in [0.15, 0.2) is 71.8 Å². The van der Waals surface area contributed by atoms with Gasteiger partial charge in [0.05, 0.1) is 37.2 Å². The highest BCUT2D eigenvalue weighted by Crippen LogP contribution is 2.40. The lowest BCUT2D eigenvalue weighted by Crippen LogP contribution is -2.21. The van der Waals surface area contributed by atoms with Gasteiger partial charge in [-0.3, -0.25) is 5.01 Å². The van der Waals surface area contributed by atoms with Gasteiger partial charge in [0.15, 0.2) is 11.5 Å². The zero-order chi connectivity index (χ0) is 22.0. The average molecular weight is 416 g/mol. The molecule has 0 aromatic heterocycles. The van der Waals surface area contributed by atoms with Crippen molar-refractivity contribution in [3.63, 3.8) is 0 Å². The van der Waals surface area contributed by atoms with Gasteiger partial charge in [-0.2, -0.15) is 5.10 Å². The predicted octanol–water partition coefficient (Wildman–Crippen LogP) is 5.07. The van der Waals surface area contributed by atoms with Crippen LogP contribution in [-0.4, -0.2) is 31.0 Å². The molecule has 1 aliphatic rings. The van der Waals surface area contributed by atoms with Crippen LogP contribution in [0.2, 0.25) is 0 Å². The van der Waals surface area contributed by atoms with Crippen LogP contribution in [0.4, 0.5) is 5.69 Å². The van der Waals surface area contributed by atoms with E-state index in [1.165, 1.54) is 5.56 Å². The van der Waals surface area contributed by atoms with Crippen LogP contribution in [0.1, 0.15) is 39.5 Å². The van der Waals surface area contributed by atoms with Crippen molar-refractivity contribution in [1.82, 2.24) is 0 Å². The number of carboxylic acid groups (broad SMARTS) is 1. The summed E-state index contributed by atoms with van der Waals surface area (Å²) < 4.78 is 10.9. The zero-order valence-corrected chi connectivity index (χ0v) is 17.7. The first-order valence-electron chi connectivity index (χ1n) is 10.00. The van der Waals surface area contributed by atoms with E-state index in [9.17, 15) is 9.90 Å². The molecule has 1 aliphatic heterocycles. The SMILES string of the molecule is COc1ccc([C@@H]2CC(c3ccc(C)cc3)=NN2c2ccccc2C(=O)O)cc1OC. The molecule has 31 heavy (non-hydrogen) atoms. The Morgan fingerprint density at radius 1 is 1.00 bits per heavy atom. The number of para-hydroxylation sites is 1. The van der Waals surface area contributed by atoms with E-state index in [0.717, 1.165) is 16.8 Å². The maximum atomic E-state index is 11.9. The van der Waals surface area contributed by atoms with Gasteiger partial charge in [0, 0.05) is 6.42 Å². The molecule has 0 unspecified atom stereocenters. The Morgan fingerprint density at radius 3 is 2.39 bits per heavy atom. The van der Waals surface area contributed by atoms with Crippen LogP contribution >= 0.6 is 0 Å². The lowest BCUT2D eigenvalue weighted by atomic mass is 9.97. The molecule has 0 radical (unpaired) electrons. The molecular weight excluding hydrogens is 392 g/mol. The molecule has 6 nitrogen and oxygen atoms in total. The summed E-state index contributed by atoms with van der Waals surface area (Å²) in [6.45, 7) is 2.04. The molecule has 6 heteroatoms. The third-order valence-electron chi connectivity index (χ3n) is 5.47. The first kappa shape index (κ1) is 20.5. The fourth-order valence-corrected chi connectivity index (χ4v) is 3.83. The van der Waals surface area contributed by atoms with Crippen molar-refractivity contribution >= 4 is 17.4 Å². The number of benzene rings is 3. The fraction of sp³-hybridized carbons (Fsp3) is 0.200. The summed E-state index contributed by atoms with van der Waals surface area (Å²) >= 11 is 0. The smallest absolute Gasteiger partial charge is 0.337 e. The highest BCUT2D eigenvalue weighted by molar-refractivity contribution is 6.04. The molecule has 0 saturated carbocycles. The number of hydrogen-bond donors (Lipinski definition) is 1. The Kier molecular flexibility index (Phi) is 5.62. The van der Waals surface area contributed by atoms with Crippen molar-refractivity contribution in [2.24, 2.45) is 5.10 Å². The molecule has 4 rings (SSSR count). The fourth-order valence-electron chi connectivity index (χ4n) is 3.83. The number of rotatable bonds is 6. The van der Waals surface area contributed by atoms with Gasteiger partial charge in [0.1, 0.15) is 0 Å². The Labute approximate surface area is 181 Å².